The first-order valence-electron chi connectivity index (χ1n) is 8.33. The Morgan fingerprint density at radius 2 is 1.96 bits per heavy atom. The summed E-state index contributed by atoms with van der Waals surface area (Å²) < 4.78 is 16.1. The maximum Gasteiger partial charge on any atom is 0.307 e. The van der Waals surface area contributed by atoms with Gasteiger partial charge in [0.2, 0.25) is 5.91 Å². The third-order valence-corrected chi connectivity index (χ3v) is 5.01. The minimum Gasteiger partial charge on any atom is -0.497 e. The molecule has 0 radical (unpaired) electrons. The summed E-state index contributed by atoms with van der Waals surface area (Å²) in [6.07, 6.45) is 4.77. The maximum atomic E-state index is 12.8. The molecule has 6 heteroatoms. The van der Waals surface area contributed by atoms with Crippen molar-refractivity contribution in [3.8, 4) is 11.5 Å². The smallest absolute Gasteiger partial charge is 0.307 e. The Balaban J connectivity index is 1.80. The molecule has 1 aliphatic carbocycles. The quantitative estimate of drug-likeness (QED) is 0.858. The van der Waals surface area contributed by atoms with Crippen molar-refractivity contribution in [3.63, 3.8) is 0 Å². The lowest BCUT2D eigenvalue weighted by Gasteiger charge is -2.36. The van der Waals surface area contributed by atoms with E-state index in [2.05, 4.69) is 5.32 Å². The molecule has 1 saturated heterocycles. The van der Waals surface area contributed by atoms with E-state index in [0.29, 0.717) is 17.2 Å². The molecule has 3 rings (SSSR count). The predicted octanol–water partition coefficient (Wildman–Crippen LogP) is 2.91. The highest BCUT2D eigenvalue weighted by Crippen LogP contribution is 2.45. The van der Waals surface area contributed by atoms with Crippen LogP contribution in [0.15, 0.2) is 18.2 Å². The second kappa shape index (κ2) is 6.71. The number of hydrogen-bond acceptors (Lipinski definition) is 5. The molecule has 1 spiro atoms. The summed E-state index contributed by atoms with van der Waals surface area (Å²) >= 11 is 0. The first-order valence-corrected chi connectivity index (χ1v) is 8.33. The standard InChI is InChI=1S/C18H23NO5/c1-22-12-6-7-14(15(10-12)23-2)19-17(21)13-11-16(20)24-18(13)8-4-3-5-9-18/h6-7,10,13H,3-5,8-9,11H2,1-2H3,(H,19,21). The minimum absolute atomic E-state index is 0.143. The van der Waals surface area contributed by atoms with Crippen LogP contribution in [0.1, 0.15) is 38.5 Å². The molecule has 1 aliphatic heterocycles. The van der Waals surface area contributed by atoms with Crippen molar-refractivity contribution < 1.29 is 23.8 Å². The molecule has 1 heterocycles. The zero-order valence-electron chi connectivity index (χ0n) is 14.1. The Morgan fingerprint density at radius 3 is 2.62 bits per heavy atom. The molecular formula is C18H23NO5. The number of esters is 1. The fourth-order valence-corrected chi connectivity index (χ4v) is 3.75. The van der Waals surface area contributed by atoms with E-state index in [4.69, 9.17) is 14.2 Å². The van der Waals surface area contributed by atoms with E-state index < -0.39 is 11.5 Å². The topological polar surface area (TPSA) is 73.9 Å². The lowest BCUT2D eigenvalue weighted by atomic mass is 9.75. The molecular weight excluding hydrogens is 310 g/mol. The molecule has 0 bridgehead atoms. The lowest BCUT2D eigenvalue weighted by Crippen LogP contribution is -2.43. The van der Waals surface area contributed by atoms with Crippen LogP contribution in [-0.2, 0) is 14.3 Å². The van der Waals surface area contributed by atoms with Gasteiger partial charge in [0.05, 0.1) is 32.2 Å². The third-order valence-electron chi connectivity index (χ3n) is 5.01. The second-order valence-corrected chi connectivity index (χ2v) is 6.41. The maximum absolute atomic E-state index is 12.8. The van der Waals surface area contributed by atoms with Crippen LogP contribution in [0.3, 0.4) is 0 Å². The Hall–Kier alpha value is -2.24. The highest BCUT2D eigenvalue weighted by molar-refractivity contribution is 5.98. The van der Waals surface area contributed by atoms with Crippen molar-refractivity contribution in [2.75, 3.05) is 19.5 Å². The largest absolute Gasteiger partial charge is 0.497 e. The van der Waals surface area contributed by atoms with E-state index in [-0.39, 0.29) is 18.3 Å². The molecule has 1 saturated carbocycles. The Kier molecular flexibility index (Phi) is 4.64. The van der Waals surface area contributed by atoms with E-state index >= 15 is 0 Å². The predicted molar refractivity (Wildman–Crippen MR) is 88.2 cm³/mol. The average molecular weight is 333 g/mol. The van der Waals surface area contributed by atoms with Gasteiger partial charge in [0.25, 0.3) is 0 Å². The minimum atomic E-state index is -0.626. The molecule has 1 aromatic carbocycles. The lowest BCUT2D eigenvalue weighted by molar-refractivity contribution is -0.153. The van der Waals surface area contributed by atoms with Gasteiger partial charge >= 0.3 is 5.97 Å². The highest BCUT2D eigenvalue weighted by atomic mass is 16.6. The first-order chi connectivity index (χ1) is 11.6. The molecule has 1 amide bonds. The molecule has 1 unspecified atom stereocenters. The Bertz CT molecular complexity index is 636. The fourth-order valence-electron chi connectivity index (χ4n) is 3.75. The number of anilines is 1. The van der Waals surface area contributed by atoms with Gasteiger partial charge in [-0.3, -0.25) is 9.59 Å². The Labute approximate surface area is 141 Å². The molecule has 2 fully saturated rings. The molecule has 1 aromatic rings. The number of carbonyl (C=O) groups is 2. The summed E-state index contributed by atoms with van der Waals surface area (Å²) in [4.78, 5) is 24.7. The van der Waals surface area contributed by atoms with Gasteiger partial charge in [-0.15, -0.1) is 0 Å². The van der Waals surface area contributed by atoms with Crippen LogP contribution >= 0.6 is 0 Å². The van der Waals surface area contributed by atoms with Crippen LogP contribution in [-0.4, -0.2) is 31.7 Å². The van der Waals surface area contributed by atoms with Gasteiger partial charge in [0.15, 0.2) is 0 Å². The van der Waals surface area contributed by atoms with Crippen LogP contribution in [0, 0.1) is 5.92 Å². The van der Waals surface area contributed by atoms with Gasteiger partial charge in [-0.1, -0.05) is 6.42 Å². The van der Waals surface area contributed by atoms with Crippen LogP contribution in [0.2, 0.25) is 0 Å². The summed E-state index contributed by atoms with van der Waals surface area (Å²) in [5, 5.41) is 2.90. The summed E-state index contributed by atoms with van der Waals surface area (Å²) in [6, 6.07) is 5.20. The van der Waals surface area contributed by atoms with E-state index in [9.17, 15) is 9.59 Å². The molecule has 1 N–H and O–H groups in total. The summed E-state index contributed by atoms with van der Waals surface area (Å²) in [5.41, 5.74) is -0.0623. The third kappa shape index (κ3) is 3.05. The van der Waals surface area contributed by atoms with Crippen molar-refractivity contribution in [2.24, 2.45) is 5.92 Å². The monoisotopic (exact) mass is 333 g/mol. The van der Waals surface area contributed by atoms with Gasteiger partial charge in [-0.05, 0) is 37.8 Å². The van der Waals surface area contributed by atoms with Gasteiger partial charge < -0.3 is 19.5 Å². The van der Waals surface area contributed by atoms with Crippen LogP contribution in [0.25, 0.3) is 0 Å². The Morgan fingerprint density at radius 1 is 1.21 bits per heavy atom. The fraction of sp³-hybridized carbons (Fsp3) is 0.556. The van der Waals surface area contributed by atoms with Gasteiger partial charge in [-0.2, -0.15) is 0 Å². The van der Waals surface area contributed by atoms with E-state index in [1.54, 1.807) is 25.3 Å². The summed E-state index contributed by atoms with van der Waals surface area (Å²) in [6.45, 7) is 0. The number of amides is 1. The highest BCUT2D eigenvalue weighted by Gasteiger charge is 2.52. The number of carbonyl (C=O) groups excluding carboxylic acids is 2. The SMILES string of the molecule is COc1ccc(NC(=O)C2CC(=O)OC23CCCCC3)c(OC)c1. The second-order valence-electron chi connectivity index (χ2n) is 6.41. The first kappa shape index (κ1) is 16.6. The van der Waals surface area contributed by atoms with E-state index in [1.165, 1.54) is 7.11 Å². The van der Waals surface area contributed by atoms with Crippen molar-refractivity contribution in [2.45, 2.75) is 44.1 Å². The molecule has 6 nitrogen and oxygen atoms in total. The van der Waals surface area contributed by atoms with E-state index in [0.717, 1.165) is 32.1 Å². The zero-order valence-corrected chi connectivity index (χ0v) is 14.1. The molecule has 24 heavy (non-hydrogen) atoms. The zero-order chi connectivity index (χ0) is 17.2. The van der Waals surface area contributed by atoms with Crippen molar-refractivity contribution in [1.82, 2.24) is 0 Å². The van der Waals surface area contributed by atoms with Crippen LogP contribution in [0.4, 0.5) is 5.69 Å². The van der Waals surface area contributed by atoms with Gasteiger partial charge in [-0.25, -0.2) is 0 Å². The number of nitrogens with one attached hydrogen (secondary N) is 1. The van der Waals surface area contributed by atoms with Crippen molar-refractivity contribution >= 4 is 17.6 Å². The number of methoxy groups -OCH3 is 2. The molecule has 2 aliphatic rings. The number of benzene rings is 1. The van der Waals surface area contributed by atoms with Crippen molar-refractivity contribution in [3.05, 3.63) is 18.2 Å². The summed E-state index contributed by atoms with van der Waals surface area (Å²) in [5.74, 6) is 0.251. The van der Waals surface area contributed by atoms with Gasteiger partial charge in [0, 0.05) is 6.07 Å². The van der Waals surface area contributed by atoms with Crippen LogP contribution < -0.4 is 14.8 Å². The van der Waals surface area contributed by atoms with Gasteiger partial charge in [0.1, 0.15) is 17.1 Å². The molecule has 130 valence electrons. The van der Waals surface area contributed by atoms with Crippen molar-refractivity contribution in [1.29, 1.82) is 0 Å². The summed E-state index contributed by atoms with van der Waals surface area (Å²) in [7, 11) is 3.11. The van der Waals surface area contributed by atoms with E-state index in [1.807, 2.05) is 0 Å². The molecule has 1 atom stereocenters. The average Bonchev–Trinajstić information content (AvgIpc) is 2.91. The van der Waals surface area contributed by atoms with Crippen LogP contribution in [0.5, 0.6) is 11.5 Å². The number of rotatable bonds is 4. The molecule has 0 aromatic heterocycles. The number of ether oxygens (including phenoxy) is 3. The number of hydrogen-bond donors (Lipinski definition) is 1. The normalized spacial score (nSPS) is 22.1.